The Bertz CT molecular complexity index is 725. The normalized spacial score (nSPS) is 12.2. The van der Waals surface area contributed by atoms with Crippen LogP contribution < -0.4 is 0 Å². The number of para-hydroxylation sites is 1. The van der Waals surface area contributed by atoms with Crippen molar-refractivity contribution in [3.05, 3.63) is 42.7 Å². The molecule has 1 aromatic carbocycles. The van der Waals surface area contributed by atoms with Crippen LogP contribution >= 0.6 is 0 Å². The smallest absolute Gasteiger partial charge is 0.237 e. The minimum Gasteiger partial charge on any atom is -0.278 e. The lowest BCUT2D eigenvalue weighted by molar-refractivity contribution is 0.0778. The Balaban J connectivity index is 2.47. The number of carbonyl (C=O) groups is 1. The molecule has 0 atom stereocenters. The van der Waals surface area contributed by atoms with Crippen molar-refractivity contribution in [2.45, 2.75) is 20.8 Å². The highest BCUT2D eigenvalue weighted by molar-refractivity contribution is 6.13. The highest BCUT2D eigenvalue weighted by Crippen LogP contribution is 2.30. The van der Waals surface area contributed by atoms with Crippen LogP contribution in [0, 0.1) is 5.41 Å². The molecule has 0 N–H and O–H groups in total. The highest BCUT2D eigenvalue weighted by Gasteiger charge is 2.26. The molecule has 0 saturated heterocycles. The minimum atomic E-state index is -0.426. The fourth-order valence-electron chi connectivity index (χ4n) is 2.37. The third kappa shape index (κ3) is 1.73. The lowest BCUT2D eigenvalue weighted by Crippen LogP contribution is -2.26. The van der Waals surface area contributed by atoms with Crippen molar-refractivity contribution in [1.29, 1.82) is 0 Å². The summed E-state index contributed by atoms with van der Waals surface area (Å²) in [6.45, 7) is 5.81. The monoisotopic (exact) mass is 252 g/mol. The second-order valence-corrected chi connectivity index (χ2v) is 5.80. The van der Waals surface area contributed by atoms with Crippen LogP contribution in [-0.2, 0) is 0 Å². The molecular formula is C16H16N2O. The van der Waals surface area contributed by atoms with Crippen LogP contribution in [-0.4, -0.2) is 15.5 Å². The molecule has 96 valence electrons. The average molecular weight is 252 g/mol. The van der Waals surface area contributed by atoms with Crippen molar-refractivity contribution in [3.63, 3.8) is 0 Å². The molecule has 0 aliphatic rings. The van der Waals surface area contributed by atoms with Crippen molar-refractivity contribution in [2.75, 3.05) is 0 Å². The molecular weight excluding hydrogens is 236 g/mol. The molecule has 0 radical (unpaired) electrons. The Labute approximate surface area is 111 Å². The Morgan fingerprint density at radius 3 is 2.47 bits per heavy atom. The van der Waals surface area contributed by atoms with Crippen LogP contribution in [0.4, 0.5) is 0 Å². The fraction of sp³-hybridized carbons (Fsp3) is 0.250. The van der Waals surface area contributed by atoms with E-state index >= 15 is 0 Å². The summed E-state index contributed by atoms with van der Waals surface area (Å²) >= 11 is 0. The first kappa shape index (κ1) is 11.9. The van der Waals surface area contributed by atoms with Crippen LogP contribution in [0.15, 0.2) is 42.7 Å². The van der Waals surface area contributed by atoms with Gasteiger partial charge in [0, 0.05) is 22.4 Å². The molecule has 2 heterocycles. The van der Waals surface area contributed by atoms with Crippen LogP contribution in [0.25, 0.3) is 21.8 Å². The summed E-state index contributed by atoms with van der Waals surface area (Å²) in [5.74, 6) is 0.0895. The van der Waals surface area contributed by atoms with Gasteiger partial charge in [-0.05, 0) is 12.1 Å². The number of rotatable bonds is 0. The van der Waals surface area contributed by atoms with Gasteiger partial charge in [0.1, 0.15) is 0 Å². The molecule has 0 unspecified atom stereocenters. The van der Waals surface area contributed by atoms with E-state index in [2.05, 4.69) is 4.98 Å². The number of hydrogen-bond donors (Lipinski definition) is 0. The zero-order valence-electron chi connectivity index (χ0n) is 11.3. The second kappa shape index (κ2) is 3.92. The van der Waals surface area contributed by atoms with E-state index in [0.29, 0.717) is 0 Å². The van der Waals surface area contributed by atoms with E-state index in [1.54, 1.807) is 17.0 Å². The van der Waals surface area contributed by atoms with Crippen molar-refractivity contribution in [1.82, 2.24) is 9.55 Å². The van der Waals surface area contributed by atoms with Crippen molar-refractivity contribution >= 4 is 27.7 Å². The lowest BCUT2D eigenvalue weighted by Gasteiger charge is -2.18. The molecule has 0 spiro atoms. The number of aromatic nitrogens is 2. The lowest BCUT2D eigenvalue weighted by atomic mass is 9.95. The van der Waals surface area contributed by atoms with Crippen LogP contribution in [0.5, 0.6) is 0 Å². The molecule has 3 rings (SSSR count). The number of benzene rings is 1. The first-order valence-corrected chi connectivity index (χ1v) is 6.38. The number of pyridine rings is 1. The molecule has 3 aromatic rings. The Morgan fingerprint density at radius 1 is 1.05 bits per heavy atom. The molecule has 0 amide bonds. The Kier molecular flexibility index (Phi) is 2.45. The van der Waals surface area contributed by atoms with Crippen LogP contribution in [0.3, 0.4) is 0 Å². The summed E-state index contributed by atoms with van der Waals surface area (Å²) in [6, 6.07) is 9.95. The Hall–Kier alpha value is -2.16. The molecule has 0 aliphatic heterocycles. The number of hydrogen-bond acceptors (Lipinski definition) is 2. The SMILES string of the molecule is CC(C)(C)C(=O)n1c2ccccc2c2ccncc21. The highest BCUT2D eigenvalue weighted by atomic mass is 16.2. The standard InChI is InChI=1S/C16H16N2O/c1-16(2,3)15(19)18-13-7-5-4-6-11(13)12-8-9-17-10-14(12)18/h4-10H,1-3H3. The van der Waals surface area contributed by atoms with Gasteiger partial charge in [-0.25, -0.2) is 0 Å². The summed E-state index contributed by atoms with van der Waals surface area (Å²) in [6.07, 6.45) is 3.53. The zero-order valence-corrected chi connectivity index (χ0v) is 11.3. The van der Waals surface area contributed by atoms with Gasteiger partial charge in [-0.2, -0.15) is 0 Å². The summed E-state index contributed by atoms with van der Waals surface area (Å²) in [5, 5.41) is 2.17. The van der Waals surface area contributed by atoms with Gasteiger partial charge in [-0.1, -0.05) is 39.0 Å². The van der Waals surface area contributed by atoms with Crippen molar-refractivity contribution in [2.24, 2.45) is 5.41 Å². The maximum atomic E-state index is 12.7. The molecule has 3 nitrogen and oxygen atoms in total. The Morgan fingerprint density at radius 2 is 1.74 bits per heavy atom. The predicted octanol–water partition coefficient (Wildman–Crippen LogP) is 3.88. The van der Waals surface area contributed by atoms with Gasteiger partial charge in [0.25, 0.3) is 0 Å². The van der Waals surface area contributed by atoms with Gasteiger partial charge in [0.15, 0.2) is 0 Å². The molecule has 0 aliphatic carbocycles. The molecule has 2 aromatic heterocycles. The van der Waals surface area contributed by atoms with Gasteiger partial charge in [-0.15, -0.1) is 0 Å². The summed E-state index contributed by atoms with van der Waals surface area (Å²) < 4.78 is 1.79. The van der Waals surface area contributed by atoms with Gasteiger partial charge >= 0.3 is 0 Å². The zero-order chi connectivity index (χ0) is 13.6. The van der Waals surface area contributed by atoms with Crippen LogP contribution in [0.2, 0.25) is 0 Å². The first-order chi connectivity index (χ1) is 9.00. The van der Waals surface area contributed by atoms with Crippen LogP contribution in [0.1, 0.15) is 25.6 Å². The summed E-state index contributed by atoms with van der Waals surface area (Å²) in [5.41, 5.74) is 1.40. The average Bonchev–Trinajstić information content (AvgIpc) is 2.71. The van der Waals surface area contributed by atoms with Crippen molar-refractivity contribution < 1.29 is 4.79 Å². The van der Waals surface area contributed by atoms with Gasteiger partial charge < -0.3 is 0 Å². The second-order valence-electron chi connectivity index (χ2n) is 5.80. The van der Waals surface area contributed by atoms with Gasteiger partial charge in [0.2, 0.25) is 5.91 Å². The molecule has 0 fully saturated rings. The minimum absolute atomic E-state index is 0.0895. The third-order valence-electron chi connectivity index (χ3n) is 3.32. The maximum Gasteiger partial charge on any atom is 0.237 e. The van der Waals surface area contributed by atoms with E-state index in [-0.39, 0.29) is 5.91 Å². The van der Waals surface area contributed by atoms with E-state index < -0.39 is 5.41 Å². The van der Waals surface area contributed by atoms with Gasteiger partial charge in [0.05, 0.1) is 17.2 Å². The number of carbonyl (C=O) groups excluding carboxylic acids is 1. The largest absolute Gasteiger partial charge is 0.278 e. The number of fused-ring (bicyclic) bond motifs is 3. The van der Waals surface area contributed by atoms with E-state index in [9.17, 15) is 4.79 Å². The molecule has 19 heavy (non-hydrogen) atoms. The maximum absolute atomic E-state index is 12.7. The molecule has 0 bridgehead atoms. The fourth-order valence-corrected chi connectivity index (χ4v) is 2.37. The van der Waals surface area contributed by atoms with E-state index in [4.69, 9.17) is 0 Å². The molecule has 0 saturated carbocycles. The quantitative estimate of drug-likeness (QED) is 0.608. The molecule has 3 heteroatoms. The van der Waals surface area contributed by atoms with E-state index in [0.717, 1.165) is 21.8 Å². The first-order valence-electron chi connectivity index (χ1n) is 6.38. The summed E-state index contributed by atoms with van der Waals surface area (Å²) in [7, 11) is 0. The third-order valence-corrected chi connectivity index (χ3v) is 3.32. The topological polar surface area (TPSA) is 34.9 Å². The van der Waals surface area contributed by atoms with E-state index in [1.807, 2.05) is 51.1 Å². The summed E-state index contributed by atoms with van der Waals surface area (Å²) in [4.78, 5) is 16.9. The van der Waals surface area contributed by atoms with Gasteiger partial charge in [-0.3, -0.25) is 14.3 Å². The number of nitrogens with zero attached hydrogens (tertiary/aromatic N) is 2. The predicted molar refractivity (Wildman–Crippen MR) is 77.3 cm³/mol. The van der Waals surface area contributed by atoms with Crippen molar-refractivity contribution in [3.8, 4) is 0 Å². The van der Waals surface area contributed by atoms with E-state index in [1.165, 1.54) is 0 Å².